The number of hydrogen-bond acceptors (Lipinski definition) is 4. The Kier molecular flexibility index (Phi) is 5.10. The second-order valence-corrected chi connectivity index (χ2v) is 7.44. The second-order valence-electron chi connectivity index (χ2n) is 6.68. The average molecular weight is 431 g/mol. The van der Waals surface area contributed by atoms with Gasteiger partial charge in [0.05, 0.1) is 38.5 Å². The Hall–Kier alpha value is -2.77. The van der Waals surface area contributed by atoms with Gasteiger partial charge in [-0.2, -0.15) is 10.2 Å². The van der Waals surface area contributed by atoms with Gasteiger partial charge >= 0.3 is 0 Å². The van der Waals surface area contributed by atoms with Gasteiger partial charge in [-0.3, -0.25) is 4.68 Å². The zero-order valence-corrected chi connectivity index (χ0v) is 17.5. The van der Waals surface area contributed by atoms with E-state index in [1.54, 1.807) is 28.5 Å². The normalized spacial score (nSPS) is 11.2. The maximum Gasteiger partial charge on any atom is 0.157 e. The van der Waals surface area contributed by atoms with Crippen molar-refractivity contribution in [2.24, 2.45) is 7.05 Å². The highest BCUT2D eigenvalue weighted by Crippen LogP contribution is 2.31. The van der Waals surface area contributed by atoms with Gasteiger partial charge in [0.25, 0.3) is 0 Å². The number of hydrogen-bond donors (Lipinski definition) is 0. The van der Waals surface area contributed by atoms with E-state index in [1.165, 1.54) is 18.5 Å². The largest absolute Gasteiger partial charge is 0.266 e. The molecule has 0 atom stereocenters. The molecule has 1 aromatic carbocycles. The molecule has 0 N–H and O–H groups in total. The molecule has 0 fully saturated rings. The minimum atomic E-state index is -0.301. The van der Waals surface area contributed by atoms with Crippen LogP contribution in [-0.2, 0) is 13.5 Å². The molecule has 0 amide bonds. The van der Waals surface area contributed by atoms with Crippen LogP contribution in [0, 0.1) is 19.7 Å². The molecule has 3 aromatic heterocycles. The fraction of sp³-hybridized carbons (Fsp3) is 0.200. The predicted molar refractivity (Wildman–Crippen MR) is 110 cm³/mol. The van der Waals surface area contributed by atoms with E-state index in [9.17, 15) is 4.39 Å². The van der Waals surface area contributed by atoms with Crippen molar-refractivity contribution < 1.29 is 4.39 Å². The van der Waals surface area contributed by atoms with Gasteiger partial charge < -0.3 is 0 Å². The minimum Gasteiger partial charge on any atom is -0.266 e. The molecule has 0 bridgehead atoms. The number of rotatable bonds is 4. The lowest BCUT2D eigenvalue weighted by Crippen LogP contribution is -2.05. The van der Waals surface area contributed by atoms with E-state index in [0.29, 0.717) is 28.0 Å². The van der Waals surface area contributed by atoms with Crippen LogP contribution in [-0.4, -0.2) is 29.5 Å². The average Bonchev–Trinajstić information content (AvgIpc) is 3.12. The quantitative estimate of drug-likeness (QED) is 0.469. The summed E-state index contributed by atoms with van der Waals surface area (Å²) in [7, 11) is 1.80. The maximum atomic E-state index is 13.2. The lowest BCUT2D eigenvalue weighted by Gasteiger charge is -2.05. The van der Waals surface area contributed by atoms with Gasteiger partial charge in [-0.1, -0.05) is 23.2 Å². The molecule has 0 aliphatic carbocycles. The standard InChI is InChI=1S/C20H17Cl2FN6/c1-11-18(21)12(2)29(26-11)17-9-15(24-10-25-17)8-16-19(22)20(28(3)27-16)13-4-6-14(23)7-5-13/h4-7,9-10H,8H2,1-3H3. The number of aromatic nitrogens is 6. The smallest absolute Gasteiger partial charge is 0.157 e. The third-order valence-electron chi connectivity index (χ3n) is 4.65. The molecule has 0 radical (unpaired) electrons. The Bertz CT molecular complexity index is 1200. The Balaban J connectivity index is 1.68. The van der Waals surface area contributed by atoms with E-state index >= 15 is 0 Å². The van der Waals surface area contributed by atoms with Crippen LogP contribution in [0.1, 0.15) is 22.8 Å². The molecule has 0 spiro atoms. The first-order chi connectivity index (χ1) is 13.8. The number of aryl methyl sites for hydroxylation is 2. The molecule has 9 heteroatoms. The maximum absolute atomic E-state index is 13.2. The van der Waals surface area contributed by atoms with Crippen LogP contribution >= 0.6 is 23.2 Å². The molecule has 0 aliphatic rings. The Morgan fingerprint density at radius 2 is 1.72 bits per heavy atom. The van der Waals surface area contributed by atoms with Crippen molar-refractivity contribution in [3.8, 4) is 17.1 Å². The van der Waals surface area contributed by atoms with Crippen LogP contribution in [0.25, 0.3) is 17.1 Å². The molecule has 0 aliphatic heterocycles. The van der Waals surface area contributed by atoms with Gasteiger partial charge in [0.1, 0.15) is 12.1 Å². The molecule has 148 valence electrons. The molecule has 0 saturated heterocycles. The summed E-state index contributed by atoms with van der Waals surface area (Å²) in [6.07, 6.45) is 1.89. The van der Waals surface area contributed by atoms with Crippen molar-refractivity contribution in [3.05, 3.63) is 75.3 Å². The molecule has 3 heterocycles. The van der Waals surface area contributed by atoms with Gasteiger partial charge in [0.2, 0.25) is 0 Å². The molecule has 29 heavy (non-hydrogen) atoms. The summed E-state index contributed by atoms with van der Waals surface area (Å²) in [6.45, 7) is 3.73. The first kappa shape index (κ1) is 19.5. The van der Waals surface area contributed by atoms with Crippen LogP contribution in [0.2, 0.25) is 10.0 Å². The summed E-state index contributed by atoms with van der Waals surface area (Å²) in [4.78, 5) is 8.64. The molecular formula is C20H17Cl2FN6. The van der Waals surface area contributed by atoms with E-state index in [2.05, 4.69) is 20.2 Å². The van der Waals surface area contributed by atoms with Gasteiger partial charge in [-0.05, 0) is 38.1 Å². The predicted octanol–water partition coefficient (Wildman–Crippen LogP) is 4.72. The fourth-order valence-corrected chi connectivity index (χ4v) is 3.66. The summed E-state index contributed by atoms with van der Waals surface area (Å²) in [5.74, 6) is 0.318. The van der Waals surface area contributed by atoms with Gasteiger partial charge in [0, 0.05) is 25.1 Å². The summed E-state index contributed by atoms with van der Waals surface area (Å²) < 4.78 is 16.6. The SMILES string of the molecule is Cc1nn(-c2cc(Cc3nn(C)c(-c4ccc(F)cc4)c3Cl)ncn2)c(C)c1Cl. The lowest BCUT2D eigenvalue weighted by molar-refractivity contribution is 0.628. The highest BCUT2D eigenvalue weighted by atomic mass is 35.5. The lowest BCUT2D eigenvalue weighted by atomic mass is 10.1. The Morgan fingerprint density at radius 1 is 1.00 bits per heavy atom. The molecule has 4 rings (SSSR count). The van der Waals surface area contributed by atoms with Crippen molar-refractivity contribution in [3.63, 3.8) is 0 Å². The van der Waals surface area contributed by atoms with Gasteiger partial charge in [-0.25, -0.2) is 19.0 Å². The summed E-state index contributed by atoms with van der Waals surface area (Å²) in [6, 6.07) is 7.98. The van der Waals surface area contributed by atoms with E-state index in [0.717, 1.165) is 28.3 Å². The molecule has 4 aromatic rings. The number of benzene rings is 1. The highest BCUT2D eigenvalue weighted by molar-refractivity contribution is 6.33. The molecule has 6 nitrogen and oxygen atoms in total. The summed E-state index contributed by atoms with van der Waals surface area (Å²) in [5.41, 5.74) is 4.47. The molecular weight excluding hydrogens is 414 g/mol. The van der Waals surface area contributed by atoms with E-state index in [-0.39, 0.29) is 5.82 Å². The molecule has 0 saturated carbocycles. The van der Waals surface area contributed by atoms with Crippen molar-refractivity contribution in [1.82, 2.24) is 29.5 Å². The van der Waals surface area contributed by atoms with Crippen LogP contribution < -0.4 is 0 Å². The first-order valence-corrected chi connectivity index (χ1v) is 9.61. The van der Waals surface area contributed by atoms with E-state index in [1.807, 2.05) is 19.9 Å². The van der Waals surface area contributed by atoms with Crippen molar-refractivity contribution in [2.45, 2.75) is 20.3 Å². The third kappa shape index (κ3) is 3.63. The first-order valence-electron chi connectivity index (χ1n) is 8.85. The molecule has 0 unspecified atom stereocenters. The van der Waals surface area contributed by atoms with Crippen LogP contribution in [0.3, 0.4) is 0 Å². The van der Waals surface area contributed by atoms with E-state index < -0.39 is 0 Å². The van der Waals surface area contributed by atoms with E-state index in [4.69, 9.17) is 23.2 Å². The Morgan fingerprint density at radius 3 is 2.38 bits per heavy atom. The number of halogens is 3. The second kappa shape index (κ2) is 7.57. The van der Waals surface area contributed by atoms with Crippen molar-refractivity contribution in [2.75, 3.05) is 0 Å². The van der Waals surface area contributed by atoms with Crippen molar-refractivity contribution >= 4 is 23.2 Å². The monoisotopic (exact) mass is 430 g/mol. The van der Waals surface area contributed by atoms with Crippen LogP contribution in [0.15, 0.2) is 36.7 Å². The highest BCUT2D eigenvalue weighted by Gasteiger charge is 2.18. The number of nitrogens with zero attached hydrogens (tertiary/aromatic N) is 6. The summed E-state index contributed by atoms with van der Waals surface area (Å²) in [5, 5.41) is 10.1. The van der Waals surface area contributed by atoms with Gasteiger partial charge in [0.15, 0.2) is 5.82 Å². The minimum absolute atomic E-state index is 0.301. The fourth-order valence-electron chi connectivity index (χ4n) is 3.20. The van der Waals surface area contributed by atoms with Crippen LogP contribution in [0.4, 0.5) is 4.39 Å². The van der Waals surface area contributed by atoms with Crippen molar-refractivity contribution in [1.29, 1.82) is 0 Å². The third-order valence-corrected chi connectivity index (χ3v) is 5.60. The zero-order valence-electron chi connectivity index (χ0n) is 16.0. The van der Waals surface area contributed by atoms with Crippen LogP contribution in [0.5, 0.6) is 0 Å². The summed E-state index contributed by atoms with van der Waals surface area (Å²) >= 11 is 12.9. The Labute approximate surface area is 176 Å². The van der Waals surface area contributed by atoms with Gasteiger partial charge in [-0.15, -0.1) is 0 Å². The topological polar surface area (TPSA) is 61.4 Å². The zero-order chi connectivity index (χ0) is 20.7.